The van der Waals surface area contributed by atoms with Gasteiger partial charge in [-0.2, -0.15) is 5.10 Å². The molecular weight excluding hydrogens is 368 g/mol. The number of rotatable bonds is 6. The Hall–Kier alpha value is -3.93. The van der Waals surface area contributed by atoms with Gasteiger partial charge in [-0.25, -0.2) is 10.2 Å². The van der Waals surface area contributed by atoms with Crippen LogP contribution in [0.3, 0.4) is 0 Å². The van der Waals surface area contributed by atoms with Gasteiger partial charge < -0.3 is 9.47 Å². The Morgan fingerprint density at radius 1 is 0.897 bits per heavy atom. The average molecular weight is 388 g/mol. The van der Waals surface area contributed by atoms with Crippen molar-refractivity contribution in [1.29, 1.82) is 0 Å². The van der Waals surface area contributed by atoms with Crippen molar-refractivity contribution in [1.82, 2.24) is 5.43 Å². The Bertz CT molecular complexity index is 1030. The van der Waals surface area contributed by atoms with Gasteiger partial charge in [0.2, 0.25) is 0 Å². The van der Waals surface area contributed by atoms with Crippen LogP contribution in [0.25, 0.3) is 0 Å². The minimum Gasteiger partial charge on any atom is -0.497 e. The first-order valence-corrected chi connectivity index (χ1v) is 8.91. The van der Waals surface area contributed by atoms with Crippen LogP contribution in [0.15, 0.2) is 77.9 Å². The fraction of sp³-hybridized carbons (Fsp3) is 0.0870. The Morgan fingerprint density at radius 3 is 2.24 bits per heavy atom. The van der Waals surface area contributed by atoms with Crippen LogP contribution in [0.2, 0.25) is 0 Å². The maximum absolute atomic E-state index is 12.2. The zero-order valence-electron chi connectivity index (χ0n) is 16.1. The van der Waals surface area contributed by atoms with Gasteiger partial charge in [0.1, 0.15) is 11.5 Å². The molecule has 0 radical (unpaired) electrons. The van der Waals surface area contributed by atoms with E-state index in [1.54, 1.807) is 67.8 Å². The topological polar surface area (TPSA) is 77.0 Å². The molecular formula is C23H20N2O4. The van der Waals surface area contributed by atoms with Crippen LogP contribution in [0.4, 0.5) is 0 Å². The second-order valence-corrected chi connectivity index (χ2v) is 6.26. The summed E-state index contributed by atoms with van der Waals surface area (Å²) >= 11 is 0. The Morgan fingerprint density at radius 2 is 1.59 bits per heavy atom. The maximum atomic E-state index is 12.2. The number of methoxy groups -OCH3 is 1. The van der Waals surface area contributed by atoms with Crippen molar-refractivity contribution in [2.45, 2.75) is 6.92 Å². The number of carbonyl (C=O) groups excluding carboxylic acids is 2. The molecule has 0 saturated carbocycles. The van der Waals surface area contributed by atoms with Crippen molar-refractivity contribution in [2.24, 2.45) is 5.10 Å². The number of esters is 1. The molecule has 146 valence electrons. The van der Waals surface area contributed by atoms with Crippen LogP contribution >= 0.6 is 0 Å². The second-order valence-electron chi connectivity index (χ2n) is 6.26. The number of hydrogen-bond donors (Lipinski definition) is 1. The highest BCUT2D eigenvalue weighted by atomic mass is 16.5. The largest absolute Gasteiger partial charge is 0.497 e. The lowest BCUT2D eigenvalue weighted by Crippen LogP contribution is -2.17. The summed E-state index contributed by atoms with van der Waals surface area (Å²) in [6, 6.07) is 20.7. The molecule has 0 aliphatic rings. The van der Waals surface area contributed by atoms with E-state index in [9.17, 15) is 9.59 Å². The minimum absolute atomic E-state index is 0.326. The van der Waals surface area contributed by atoms with Gasteiger partial charge in [0, 0.05) is 5.56 Å². The van der Waals surface area contributed by atoms with E-state index < -0.39 is 5.97 Å². The van der Waals surface area contributed by atoms with E-state index in [0.29, 0.717) is 22.6 Å². The molecule has 3 aromatic rings. The Labute approximate surface area is 168 Å². The number of ether oxygens (including phenoxy) is 2. The van der Waals surface area contributed by atoms with Crippen LogP contribution in [0.5, 0.6) is 11.5 Å². The number of carbonyl (C=O) groups is 2. The predicted molar refractivity (Wildman–Crippen MR) is 111 cm³/mol. The molecule has 1 amide bonds. The molecule has 0 heterocycles. The predicted octanol–water partition coefficient (Wildman–Crippen LogP) is 3.99. The summed E-state index contributed by atoms with van der Waals surface area (Å²) in [5.74, 6) is 0.360. The van der Waals surface area contributed by atoms with Crippen molar-refractivity contribution in [3.8, 4) is 11.5 Å². The first-order chi connectivity index (χ1) is 14.0. The van der Waals surface area contributed by atoms with E-state index in [2.05, 4.69) is 10.5 Å². The van der Waals surface area contributed by atoms with Crippen molar-refractivity contribution in [3.05, 3.63) is 95.1 Å². The maximum Gasteiger partial charge on any atom is 0.343 e. The molecule has 0 saturated heterocycles. The first kappa shape index (κ1) is 19.8. The van der Waals surface area contributed by atoms with Crippen molar-refractivity contribution >= 4 is 18.1 Å². The van der Waals surface area contributed by atoms with Crippen LogP contribution in [-0.2, 0) is 0 Å². The van der Waals surface area contributed by atoms with E-state index in [0.717, 1.165) is 11.1 Å². The molecule has 3 rings (SSSR count). The van der Waals surface area contributed by atoms with Crippen molar-refractivity contribution < 1.29 is 19.1 Å². The SMILES string of the molecule is COc1ccc(C(=O)N/N=C/c2ccc(OC(=O)c3cccc(C)c3)cc2)cc1. The summed E-state index contributed by atoms with van der Waals surface area (Å²) in [6.45, 7) is 1.92. The molecule has 3 aromatic carbocycles. The molecule has 0 aliphatic heterocycles. The van der Waals surface area contributed by atoms with E-state index in [-0.39, 0.29) is 5.91 Å². The van der Waals surface area contributed by atoms with E-state index >= 15 is 0 Å². The molecule has 0 spiro atoms. The zero-order valence-corrected chi connectivity index (χ0v) is 16.1. The number of amides is 1. The molecule has 0 aromatic heterocycles. The average Bonchev–Trinajstić information content (AvgIpc) is 2.75. The summed E-state index contributed by atoms with van der Waals surface area (Å²) in [6.07, 6.45) is 1.51. The van der Waals surface area contributed by atoms with Crippen LogP contribution in [0, 0.1) is 6.92 Å². The summed E-state index contributed by atoms with van der Waals surface area (Å²) in [7, 11) is 1.56. The number of aryl methyl sites for hydroxylation is 1. The number of benzene rings is 3. The molecule has 0 aliphatic carbocycles. The monoisotopic (exact) mass is 388 g/mol. The van der Waals surface area contributed by atoms with Gasteiger partial charge in [0.25, 0.3) is 5.91 Å². The fourth-order valence-electron chi connectivity index (χ4n) is 2.53. The molecule has 6 heteroatoms. The smallest absolute Gasteiger partial charge is 0.343 e. The minimum atomic E-state index is -0.415. The first-order valence-electron chi connectivity index (χ1n) is 8.91. The quantitative estimate of drug-likeness (QED) is 0.300. The van der Waals surface area contributed by atoms with Crippen LogP contribution in [-0.4, -0.2) is 25.2 Å². The highest BCUT2D eigenvalue weighted by Gasteiger charge is 2.08. The summed E-state index contributed by atoms with van der Waals surface area (Å²) in [5.41, 5.74) is 5.17. The third kappa shape index (κ3) is 5.52. The second kappa shape index (κ2) is 9.32. The summed E-state index contributed by atoms with van der Waals surface area (Å²) < 4.78 is 10.4. The van der Waals surface area contributed by atoms with Crippen molar-refractivity contribution in [2.75, 3.05) is 7.11 Å². The lowest BCUT2D eigenvalue weighted by Gasteiger charge is -2.05. The van der Waals surface area contributed by atoms with Gasteiger partial charge in [-0.05, 0) is 73.2 Å². The lowest BCUT2D eigenvalue weighted by atomic mass is 10.1. The number of hydrazone groups is 1. The number of nitrogens with one attached hydrogen (secondary N) is 1. The van der Waals surface area contributed by atoms with Crippen LogP contribution in [0.1, 0.15) is 31.8 Å². The van der Waals surface area contributed by atoms with E-state index in [4.69, 9.17) is 9.47 Å². The van der Waals surface area contributed by atoms with Crippen molar-refractivity contribution in [3.63, 3.8) is 0 Å². The third-order valence-electron chi connectivity index (χ3n) is 4.08. The van der Waals surface area contributed by atoms with Gasteiger partial charge in [-0.3, -0.25) is 4.79 Å². The molecule has 6 nitrogen and oxygen atoms in total. The van der Waals surface area contributed by atoms with E-state index in [1.807, 2.05) is 19.1 Å². The number of hydrogen-bond acceptors (Lipinski definition) is 5. The van der Waals surface area contributed by atoms with Gasteiger partial charge in [0.15, 0.2) is 0 Å². The molecule has 0 fully saturated rings. The lowest BCUT2D eigenvalue weighted by molar-refractivity contribution is 0.0734. The molecule has 0 bridgehead atoms. The molecule has 29 heavy (non-hydrogen) atoms. The van der Waals surface area contributed by atoms with Gasteiger partial charge in [-0.1, -0.05) is 17.7 Å². The molecule has 1 N–H and O–H groups in total. The summed E-state index contributed by atoms with van der Waals surface area (Å²) in [5, 5.41) is 3.94. The third-order valence-corrected chi connectivity index (χ3v) is 4.08. The summed E-state index contributed by atoms with van der Waals surface area (Å²) in [4.78, 5) is 24.2. The van der Waals surface area contributed by atoms with Gasteiger partial charge in [-0.15, -0.1) is 0 Å². The Balaban J connectivity index is 1.55. The standard InChI is InChI=1S/C23H20N2O4/c1-16-4-3-5-19(14-16)23(27)29-21-10-6-17(7-11-21)15-24-25-22(26)18-8-12-20(28-2)13-9-18/h3-15H,1-2H3,(H,25,26)/b24-15+. The number of nitrogens with zero attached hydrogens (tertiary/aromatic N) is 1. The van der Waals surface area contributed by atoms with E-state index in [1.165, 1.54) is 6.21 Å². The zero-order chi connectivity index (χ0) is 20.6. The van der Waals surface area contributed by atoms with Crippen LogP contribution < -0.4 is 14.9 Å². The van der Waals surface area contributed by atoms with Gasteiger partial charge >= 0.3 is 5.97 Å². The Kier molecular flexibility index (Phi) is 6.37. The van der Waals surface area contributed by atoms with Gasteiger partial charge in [0.05, 0.1) is 18.9 Å². The fourth-order valence-corrected chi connectivity index (χ4v) is 2.53. The normalized spacial score (nSPS) is 10.6. The highest BCUT2D eigenvalue weighted by Crippen LogP contribution is 2.14. The highest BCUT2D eigenvalue weighted by molar-refractivity contribution is 5.95. The molecule has 0 unspecified atom stereocenters. The molecule has 0 atom stereocenters.